The maximum Gasteiger partial charge on any atom is 0.245 e. The normalized spacial score (nSPS) is 10.8. The van der Waals surface area contributed by atoms with Gasteiger partial charge in [0.15, 0.2) is 0 Å². The van der Waals surface area contributed by atoms with Gasteiger partial charge in [0.1, 0.15) is 0 Å². The number of hydrazone groups is 1. The van der Waals surface area contributed by atoms with Gasteiger partial charge in [0, 0.05) is 29.0 Å². The van der Waals surface area contributed by atoms with Gasteiger partial charge in [-0.25, -0.2) is 5.43 Å². The number of nitrogens with one attached hydrogen (secondary N) is 1. The molecule has 0 atom stereocenters. The molecule has 5 heteroatoms. The number of nitrogens with zero attached hydrogens (tertiary/aromatic N) is 2. The molecular weight excluding hydrogens is 306 g/mol. The van der Waals surface area contributed by atoms with Gasteiger partial charge in [-0.2, -0.15) is 5.10 Å². The van der Waals surface area contributed by atoms with E-state index in [9.17, 15) is 4.79 Å². The summed E-state index contributed by atoms with van der Waals surface area (Å²) in [5.41, 5.74) is 4.39. The van der Waals surface area contributed by atoms with Crippen LogP contribution in [0.5, 0.6) is 0 Å². The van der Waals surface area contributed by atoms with Crippen molar-refractivity contribution >= 4 is 28.1 Å². The fourth-order valence-electron chi connectivity index (χ4n) is 1.64. The summed E-state index contributed by atoms with van der Waals surface area (Å²) in [6.45, 7) is 0. The maximum absolute atomic E-state index is 11.7. The van der Waals surface area contributed by atoms with Crippen molar-refractivity contribution in [3.8, 4) is 0 Å². The van der Waals surface area contributed by atoms with Crippen LogP contribution < -0.4 is 5.43 Å². The van der Waals surface area contributed by atoms with Crippen molar-refractivity contribution in [2.75, 3.05) is 0 Å². The van der Waals surface area contributed by atoms with Gasteiger partial charge in [-0.3, -0.25) is 4.79 Å². The zero-order valence-electron chi connectivity index (χ0n) is 10.5. The van der Waals surface area contributed by atoms with Crippen LogP contribution in [0.2, 0.25) is 0 Å². The van der Waals surface area contributed by atoms with Gasteiger partial charge in [-0.1, -0.05) is 34.1 Å². The Kier molecular flexibility index (Phi) is 4.52. The molecule has 19 heavy (non-hydrogen) atoms. The van der Waals surface area contributed by atoms with E-state index in [0.29, 0.717) is 6.42 Å². The van der Waals surface area contributed by atoms with Crippen LogP contribution >= 0.6 is 15.9 Å². The first-order chi connectivity index (χ1) is 9.16. The number of carbonyl (C=O) groups excluding carboxylic acids is 1. The number of halogens is 1. The van der Waals surface area contributed by atoms with E-state index in [1.54, 1.807) is 6.21 Å². The van der Waals surface area contributed by atoms with Gasteiger partial charge in [0.2, 0.25) is 5.91 Å². The Labute approximate surface area is 120 Å². The molecular formula is C14H14BrN3O. The van der Waals surface area contributed by atoms with Crippen LogP contribution in [-0.4, -0.2) is 16.7 Å². The molecule has 0 aliphatic rings. The first-order valence-corrected chi connectivity index (χ1v) is 6.63. The van der Waals surface area contributed by atoms with Crippen molar-refractivity contribution in [3.63, 3.8) is 0 Å². The van der Waals surface area contributed by atoms with Gasteiger partial charge in [0.25, 0.3) is 0 Å². The lowest BCUT2D eigenvalue weighted by molar-refractivity contribution is -0.120. The van der Waals surface area contributed by atoms with Crippen molar-refractivity contribution < 1.29 is 4.79 Å². The SMILES string of the molecule is Cn1cccc1CC(=O)N/N=C\c1ccccc1Br. The average Bonchev–Trinajstić information content (AvgIpc) is 2.77. The summed E-state index contributed by atoms with van der Waals surface area (Å²) in [6, 6.07) is 11.5. The lowest BCUT2D eigenvalue weighted by Crippen LogP contribution is -2.20. The first kappa shape index (κ1) is 13.5. The predicted molar refractivity (Wildman–Crippen MR) is 79.0 cm³/mol. The molecule has 0 saturated heterocycles. The molecule has 0 spiro atoms. The van der Waals surface area contributed by atoms with Crippen molar-refractivity contribution in [1.29, 1.82) is 0 Å². The zero-order chi connectivity index (χ0) is 13.7. The Morgan fingerprint density at radius 3 is 2.84 bits per heavy atom. The Bertz CT molecular complexity index is 604. The van der Waals surface area contributed by atoms with Gasteiger partial charge in [-0.15, -0.1) is 0 Å². The molecule has 0 radical (unpaired) electrons. The third-order valence-corrected chi connectivity index (χ3v) is 3.41. The molecule has 0 saturated carbocycles. The highest BCUT2D eigenvalue weighted by Gasteiger charge is 2.04. The second-order valence-corrected chi connectivity index (χ2v) is 4.96. The Morgan fingerprint density at radius 2 is 2.16 bits per heavy atom. The van der Waals surface area contributed by atoms with E-state index in [4.69, 9.17) is 0 Å². The lowest BCUT2D eigenvalue weighted by atomic mass is 10.2. The van der Waals surface area contributed by atoms with Gasteiger partial charge in [0.05, 0.1) is 12.6 Å². The fourth-order valence-corrected chi connectivity index (χ4v) is 2.02. The van der Waals surface area contributed by atoms with E-state index in [1.807, 2.05) is 54.2 Å². The minimum atomic E-state index is -0.134. The lowest BCUT2D eigenvalue weighted by Gasteiger charge is -2.02. The quantitative estimate of drug-likeness (QED) is 0.683. The predicted octanol–water partition coefficient (Wildman–Crippen LogP) is 2.48. The maximum atomic E-state index is 11.7. The van der Waals surface area contributed by atoms with E-state index in [-0.39, 0.29) is 5.91 Å². The molecule has 1 aromatic heterocycles. The van der Waals surface area contributed by atoms with E-state index >= 15 is 0 Å². The van der Waals surface area contributed by atoms with Crippen LogP contribution in [0.1, 0.15) is 11.3 Å². The molecule has 0 fully saturated rings. The summed E-state index contributed by atoms with van der Waals surface area (Å²) in [7, 11) is 1.91. The molecule has 98 valence electrons. The fraction of sp³-hybridized carbons (Fsp3) is 0.143. The zero-order valence-corrected chi connectivity index (χ0v) is 12.1. The Morgan fingerprint density at radius 1 is 1.37 bits per heavy atom. The summed E-state index contributed by atoms with van der Waals surface area (Å²) in [6.07, 6.45) is 3.84. The van der Waals surface area contributed by atoms with Gasteiger partial charge >= 0.3 is 0 Å². The first-order valence-electron chi connectivity index (χ1n) is 5.83. The summed E-state index contributed by atoms with van der Waals surface area (Å²) >= 11 is 3.41. The number of benzene rings is 1. The molecule has 0 aliphatic carbocycles. The summed E-state index contributed by atoms with van der Waals surface area (Å²) in [4.78, 5) is 11.7. The van der Waals surface area contributed by atoms with Gasteiger partial charge < -0.3 is 4.57 Å². The van der Waals surface area contributed by atoms with Crippen LogP contribution in [-0.2, 0) is 18.3 Å². The number of carbonyl (C=O) groups is 1. The van der Waals surface area contributed by atoms with Crippen LogP contribution in [0.25, 0.3) is 0 Å². The second kappa shape index (κ2) is 6.33. The average molecular weight is 320 g/mol. The smallest absolute Gasteiger partial charge is 0.245 e. The monoisotopic (exact) mass is 319 g/mol. The van der Waals surface area contributed by atoms with Crippen LogP contribution in [0.3, 0.4) is 0 Å². The van der Waals surface area contributed by atoms with Gasteiger partial charge in [-0.05, 0) is 18.2 Å². The second-order valence-electron chi connectivity index (χ2n) is 4.10. The molecule has 2 rings (SSSR count). The largest absolute Gasteiger partial charge is 0.354 e. The standard InChI is InChI=1S/C14H14BrN3O/c1-18-8-4-6-12(18)9-14(19)17-16-10-11-5-2-3-7-13(11)15/h2-8,10H,9H2,1H3,(H,17,19)/b16-10-. The number of aromatic nitrogens is 1. The third kappa shape index (κ3) is 3.79. The summed E-state index contributed by atoms with van der Waals surface area (Å²) in [5.74, 6) is -0.134. The highest BCUT2D eigenvalue weighted by molar-refractivity contribution is 9.10. The van der Waals surface area contributed by atoms with Crippen LogP contribution in [0, 0.1) is 0 Å². The molecule has 1 N–H and O–H groups in total. The van der Waals surface area contributed by atoms with E-state index in [1.165, 1.54) is 0 Å². The highest BCUT2D eigenvalue weighted by Crippen LogP contribution is 2.13. The van der Waals surface area contributed by atoms with Crippen molar-refractivity contribution in [1.82, 2.24) is 9.99 Å². The molecule has 2 aromatic rings. The minimum absolute atomic E-state index is 0.134. The van der Waals surface area contributed by atoms with Crippen molar-refractivity contribution in [2.24, 2.45) is 12.1 Å². The molecule has 1 heterocycles. The molecule has 1 amide bonds. The van der Waals surface area contributed by atoms with Crippen molar-refractivity contribution in [3.05, 3.63) is 58.3 Å². The third-order valence-electron chi connectivity index (χ3n) is 2.69. The Balaban J connectivity index is 1.91. The number of amides is 1. The van der Waals surface area contributed by atoms with Crippen LogP contribution in [0.15, 0.2) is 52.2 Å². The van der Waals surface area contributed by atoms with E-state index < -0.39 is 0 Å². The summed E-state index contributed by atoms with van der Waals surface area (Å²) in [5, 5.41) is 3.95. The van der Waals surface area contributed by atoms with E-state index in [2.05, 4.69) is 26.5 Å². The minimum Gasteiger partial charge on any atom is -0.354 e. The molecule has 0 aliphatic heterocycles. The van der Waals surface area contributed by atoms with Crippen LogP contribution in [0.4, 0.5) is 0 Å². The molecule has 4 nitrogen and oxygen atoms in total. The number of rotatable bonds is 4. The molecule has 0 bridgehead atoms. The number of hydrogen-bond acceptors (Lipinski definition) is 2. The topological polar surface area (TPSA) is 46.4 Å². The number of aryl methyl sites for hydroxylation is 1. The Hall–Kier alpha value is -1.88. The molecule has 1 aromatic carbocycles. The highest BCUT2D eigenvalue weighted by atomic mass is 79.9. The van der Waals surface area contributed by atoms with E-state index in [0.717, 1.165) is 15.7 Å². The number of hydrogen-bond donors (Lipinski definition) is 1. The van der Waals surface area contributed by atoms with Crippen molar-refractivity contribution in [2.45, 2.75) is 6.42 Å². The molecule has 0 unspecified atom stereocenters. The summed E-state index contributed by atoms with van der Waals surface area (Å²) < 4.78 is 2.85.